The molecule has 0 amide bonds. The van der Waals surface area contributed by atoms with E-state index in [0.29, 0.717) is 18.8 Å². The van der Waals surface area contributed by atoms with Gasteiger partial charge in [0.15, 0.2) is 0 Å². The Morgan fingerprint density at radius 1 is 1.25 bits per heavy atom. The van der Waals surface area contributed by atoms with Crippen LogP contribution in [0.1, 0.15) is 16.0 Å². The van der Waals surface area contributed by atoms with Crippen LogP contribution >= 0.6 is 22.9 Å². The van der Waals surface area contributed by atoms with Gasteiger partial charge < -0.3 is 4.90 Å². The molecular formula is C18H18ClN3OS. The maximum atomic E-state index is 12.5. The highest BCUT2D eigenvalue weighted by Gasteiger charge is 2.14. The van der Waals surface area contributed by atoms with Crippen LogP contribution in [0.25, 0.3) is 0 Å². The molecule has 124 valence electrons. The van der Waals surface area contributed by atoms with Gasteiger partial charge in [-0.25, -0.2) is 4.68 Å². The zero-order valence-corrected chi connectivity index (χ0v) is 15.1. The van der Waals surface area contributed by atoms with E-state index in [1.807, 2.05) is 42.3 Å². The highest BCUT2D eigenvalue weighted by atomic mass is 35.5. The van der Waals surface area contributed by atoms with Crippen LogP contribution in [-0.2, 0) is 13.1 Å². The number of halogens is 1. The van der Waals surface area contributed by atoms with E-state index in [1.54, 1.807) is 17.5 Å². The van der Waals surface area contributed by atoms with Crippen molar-refractivity contribution in [2.45, 2.75) is 20.0 Å². The zero-order valence-electron chi connectivity index (χ0n) is 13.6. The van der Waals surface area contributed by atoms with Crippen molar-refractivity contribution >= 4 is 28.6 Å². The molecule has 1 aromatic carbocycles. The molecule has 0 unspecified atom stereocenters. The van der Waals surface area contributed by atoms with Crippen molar-refractivity contribution < 1.29 is 0 Å². The van der Waals surface area contributed by atoms with Crippen LogP contribution in [0.3, 0.4) is 0 Å². The van der Waals surface area contributed by atoms with Crippen LogP contribution in [0, 0.1) is 6.92 Å². The summed E-state index contributed by atoms with van der Waals surface area (Å²) in [6, 6.07) is 11.8. The number of aromatic nitrogens is 2. The third-order valence-corrected chi connectivity index (χ3v) is 5.26. The van der Waals surface area contributed by atoms with Crippen LogP contribution in [0.15, 0.2) is 52.8 Å². The molecule has 4 nitrogen and oxygen atoms in total. The van der Waals surface area contributed by atoms with Crippen LogP contribution in [0.4, 0.5) is 5.69 Å². The van der Waals surface area contributed by atoms with E-state index >= 15 is 0 Å². The highest BCUT2D eigenvalue weighted by Crippen LogP contribution is 2.24. The van der Waals surface area contributed by atoms with Crippen molar-refractivity contribution in [3.8, 4) is 0 Å². The predicted molar refractivity (Wildman–Crippen MR) is 100 cm³/mol. The Kier molecular flexibility index (Phi) is 5.02. The quantitative estimate of drug-likeness (QED) is 0.692. The van der Waals surface area contributed by atoms with Gasteiger partial charge in [0.1, 0.15) is 5.02 Å². The lowest BCUT2D eigenvalue weighted by molar-refractivity contribution is 0.637. The fourth-order valence-corrected chi connectivity index (χ4v) is 3.71. The Balaban J connectivity index is 1.84. The molecule has 0 aliphatic carbocycles. The van der Waals surface area contributed by atoms with Crippen LogP contribution in [-0.4, -0.2) is 16.8 Å². The maximum absolute atomic E-state index is 12.5. The number of thiophene rings is 1. The van der Waals surface area contributed by atoms with Crippen LogP contribution in [0.5, 0.6) is 0 Å². The second kappa shape index (κ2) is 7.20. The van der Waals surface area contributed by atoms with Gasteiger partial charge in [-0.15, -0.1) is 11.3 Å². The molecule has 0 aliphatic heterocycles. The third-order valence-electron chi connectivity index (χ3n) is 3.90. The van der Waals surface area contributed by atoms with E-state index in [9.17, 15) is 4.79 Å². The van der Waals surface area contributed by atoms with Gasteiger partial charge in [-0.05, 0) is 29.5 Å². The molecular weight excluding hydrogens is 342 g/mol. The molecule has 0 spiro atoms. The second-order valence-corrected chi connectivity index (χ2v) is 7.05. The first-order chi connectivity index (χ1) is 11.6. The summed E-state index contributed by atoms with van der Waals surface area (Å²) in [7, 11) is 1.92. The molecule has 2 aromatic heterocycles. The fourth-order valence-electron chi connectivity index (χ4n) is 2.46. The summed E-state index contributed by atoms with van der Waals surface area (Å²) in [6.07, 6.45) is 1.66. The average Bonchev–Trinajstić information content (AvgIpc) is 2.98. The number of nitrogens with zero attached hydrogens (tertiary/aromatic N) is 3. The Hall–Kier alpha value is -2.11. The first-order valence-corrected chi connectivity index (χ1v) is 8.85. The van der Waals surface area contributed by atoms with Crippen molar-refractivity contribution in [1.82, 2.24) is 9.78 Å². The number of rotatable bonds is 5. The van der Waals surface area contributed by atoms with Crippen molar-refractivity contribution in [2.24, 2.45) is 0 Å². The molecule has 0 aliphatic rings. The lowest BCUT2D eigenvalue weighted by Crippen LogP contribution is -2.27. The van der Waals surface area contributed by atoms with E-state index in [-0.39, 0.29) is 10.6 Å². The minimum atomic E-state index is -0.271. The first-order valence-electron chi connectivity index (χ1n) is 7.60. The molecule has 0 saturated carbocycles. The smallest absolute Gasteiger partial charge is 0.287 e. The normalized spacial score (nSPS) is 10.8. The monoisotopic (exact) mass is 359 g/mol. The van der Waals surface area contributed by atoms with E-state index in [4.69, 9.17) is 11.6 Å². The number of hydrogen-bond acceptors (Lipinski definition) is 4. The SMILES string of the molecule is Cc1ccsc1CN(C)c1cnn(Cc2ccccc2)c(=O)c1Cl. The molecule has 3 aromatic rings. The van der Waals surface area contributed by atoms with Gasteiger partial charge in [0.2, 0.25) is 0 Å². The summed E-state index contributed by atoms with van der Waals surface area (Å²) >= 11 is 8.03. The second-order valence-electron chi connectivity index (χ2n) is 5.68. The molecule has 0 radical (unpaired) electrons. The van der Waals surface area contributed by atoms with Crippen LogP contribution in [0.2, 0.25) is 5.02 Å². The van der Waals surface area contributed by atoms with Gasteiger partial charge in [-0.3, -0.25) is 4.79 Å². The van der Waals surface area contributed by atoms with E-state index in [1.165, 1.54) is 15.1 Å². The Bertz CT molecular complexity index is 889. The van der Waals surface area contributed by atoms with Gasteiger partial charge in [-0.1, -0.05) is 41.9 Å². The largest absolute Gasteiger partial charge is 0.367 e. The Morgan fingerprint density at radius 3 is 2.67 bits per heavy atom. The molecule has 0 atom stereocenters. The molecule has 6 heteroatoms. The standard InChI is InChI=1S/C18H18ClN3OS/c1-13-8-9-24-16(13)12-21(2)15-10-20-22(18(23)17(15)19)11-14-6-4-3-5-7-14/h3-10H,11-12H2,1-2H3. The van der Waals surface area contributed by atoms with Gasteiger partial charge in [-0.2, -0.15) is 5.10 Å². The van der Waals surface area contributed by atoms with Gasteiger partial charge in [0.25, 0.3) is 5.56 Å². The third kappa shape index (κ3) is 3.52. The number of aryl methyl sites for hydroxylation is 1. The maximum Gasteiger partial charge on any atom is 0.287 e. The van der Waals surface area contributed by atoms with Gasteiger partial charge in [0.05, 0.1) is 25.0 Å². The molecule has 24 heavy (non-hydrogen) atoms. The Morgan fingerprint density at radius 2 is 2.00 bits per heavy atom. The number of hydrogen-bond donors (Lipinski definition) is 0. The number of anilines is 1. The fraction of sp³-hybridized carbons (Fsp3) is 0.222. The topological polar surface area (TPSA) is 38.1 Å². The van der Waals surface area contributed by atoms with E-state index in [0.717, 1.165) is 5.56 Å². The van der Waals surface area contributed by atoms with Gasteiger partial charge >= 0.3 is 0 Å². The van der Waals surface area contributed by atoms with E-state index in [2.05, 4.69) is 23.5 Å². The summed E-state index contributed by atoms with van der Waals surface area (Å²) in [6.45, 7) is 3.19. The zero-order chi connectivity index (χ0) is 17.1. The van der Waals surface area contributed by atoms with Crippen LogP contribution < -0.4 is 10.5 Å². The lowest BCUT2D eigenvalue weighted by Gasteiger charge is -2.20. The molecule has 3 rings (SSSR count). The Labute approximate surface area is 149 Å². The lowest BCUT2D eigenvalue weighted by atomic mass is 10.2. The minimum Gasteiger partial charge on any atom is -0.367 e. The summed E-state index contributed by atoms with van der Waals surface area (Å²) in [5, 5.41) is 6.56. The highest BCUT2D eigenvalue weighted by molar-refractivity contribution is 7.10. The average molecular weight is 360 g/mol. The molecule has 0 bridgehead atoms. The number of benzene rings is 1. The molecule has 0 saturated heterocycles. The summed E-state index contributed by atoms with van der Waals surface area (Å²) in [5.41, 5.74) is 2.64. The molecule has 0 fully saturated rings. The van der Waals surface area contributed by atoms with Crippen molar-refractivity contribution in [3.63, 3.8) is 0 Å². The minimum absolute atomic E-state index is 0.206. The molecule has 0 N–H and O–H groups in total. The molecule has 2 heterocycles. The van der Waals surface area contributed by atoms with Crippen molar-refractivity contribution in [3.05, 3.63) is 79.4 Å². The van der Waals surface area contributed by atoms with Gasteiger partial charge in [0, 0.05) is 11.9 Å². The first kappa shape index (κ1) is 16.7. The van der Waals surface area contributed by atoms with Crippen molar-refractivity contribution in [2.75, 3.05) is 11.9 Å². The predicted octanol–water partition coefficient (Wildman–Crippen LogP) is 3.95. The summed E-state index contributed by atoms with van der Waals surface area (Å²) in [5.74, 6) is 0. The summed E-state index contributed by atoms with van der Waals surface area (Å²) < 4.78 is 1.39. The summed E-state index contributed by atoms with van der Waals surface area (Å²) in [4.78, 5) is 15.7. The van der Waals surface area contributed by atoms with Crippen molar-refractivity contribution in [1.29, 1.82) is 0 Å². The van der Waals surface area contributed by atoms with E-state index < -0.39 is 0 Å².